The fraction of sp³-hybridized carbons (Fsp3) is 0.150. The quantitative estimate of drug-likeness (QED) is 0.675. The van der Waals surface area contributed by atoms with Crippen LogP contribution in [0.2, 0.25) is 0 Å². The van der Waals surface area contributed by atoms with Crippen LogP contribution in [0.25, 0.3) is 0 Å². The average Bonchev–Trinajstić information content (AvgIpc) is 2.57. The normalized spacial score (nSPS) is 11.3. The lowest BCUT2D eigenvalue weighted by atomic mass is 9.73. The number of rotatable bonds is 4. The highest BCUT2D eigenvalue weighted by Crippen LogP contribution is 2.34. The highest BCUT2D eigenvalue weighted by molar-refractivity contribution is 5.39. The van der Waals surface area contributed by atoms with Gasteiger partial charge < -0.3 is 0 Å². The molecule has 0 N–H and O–H groups in total. The Morgan fingerprint density at radius 3 is 1.71 bits per heavy atom. The predicted octanol–water partition coefficient (Wildman–Crippen LogP) is 4.63. The maximum atomic E-state index is 4.51. The van der Waals surface area contributed by atoms with Crippen LogP contribution in [0.15, 0.2) is 85.1 Å². The van der Waals surface area contributed by atoms with Crippen LogP contribution >= 0.6 is 0 Å². The van der Waals surface area contributed by atoms with Crippen LogP contribution in [-0.4, -0.2) is 4.98 Å². The van der Waals surface area contributed by atoms with Gasteiger partial charge in [-0.05, 0) is 23.3 Å². The molecule has 21 heavy (non-hydrogen) atoms. The van der Waals surface area contributed by atoms with Gasteiger partial charge in [0.2, 0.25) is 0 Å². The van der Waals surface area contributed by atoms with Crippen LogP contribution in [0.4, 0.5) is 0 Å². The SMILES string of the molecule is CC(Cc1ccccn1)(c1ccccc1)c1ccccc1. The smallest absolute Gasteiger partial charge is 0.0415 e. The van der Waals surface area contributed by atoms with Crippen molar-refractivity contribution < 1.29 is 0 Å². The number of pyridine rings is 1. The molecule has 3 rings (SSSR count). The maximum Gasteiger partial charge on any atom is 0.0415 e. The molecule has 0 spiro atoms. The third-order valence-corrected chi connectivity index (χ3v) is 4.08. The van der Waals surface area contributed by atoms with E-state index in [1.807, 2.05) is 12.3 Å². The first kappa shape index (κ1) is 13.6. The summed E-state index contributed by atoms with van der Waals surface area (Å²) in [4.78, 5) is 4.51. The van der Waals surface area contributed by atoms with Gasteiger partial charge in [-0.25, -0.2) is 0 Å². The molecule has 0 aliphatic heterocycles. The Bertz CT molecular complexity index is 635. The van der Waals surface area contributed by atoms with Crippen LogP contribution in [0.1, 0.15) is 23.7 Å². The van der Waals surface area contributed by atoms with Crippen molar-refractivity contribution in [1.29, 1.82) is 0 Å². The first-order chi connectivity index (χ1) is 10.3. The van der Waals surface area contributed by atoms with Gasteiger partial charge in [0.05, 0.1) is 0 Å². The van der Waals surface area contributed by atoms with Gasteiger partial charge in [0, 0.05) is 23.7 Å². The van der Waals surface area contributed by atoms with Crippen molar-refractivity contribution in [3.8, 4) is 0 Å². The summed E-state index contributed by atoms with van der Waals surface area (Å²) < 4.78 is 0. The van der Waals surface area contributed by atoms with Gasteiger partial charge in [-0.2, -0.15) is 0 Å². The van der Waals surface area contributed by atoms with Crippen molar-refractivity contribution >= 4 is 0 Å². The number of benzene rings is 2. The molecule has 0 radical (unpaired) electrons. The Hall–Kier alpha value is -2.41. The minimum Gasteiger partial charge on any atom is -0.261 e. The summed E-state index contributed by atoms with van der Waals surface area (Å²) in [7, 11) is 0. The molecule has 2 aromatic carbocycles. The fourth-order valence-electron chi connectivity index (χ4n) is 2.85. The lowest BCUT2D eigenvalue weighted by Gasteiger charge is -2.31. The van der Waals surface area contributed by atoms with E-state index < -0.39 is 0 Å². The highest BCUT2D eigenvalue weighted by Gasteiger charge is 2.29. The molecule has 104 valence electrons. The van der Waals surface area contributed by atoms with E-state index in [0.717, 1.165) is 12.1 Å². The van der Waals surface area contributed by atoms with Crippen molar-refractivity contribution in [3.63, 3.8) is 0 Å². The number of aromatic nitrogens is 1. The third-order valence-electron chi connectivity index (χ3n) is 4.08. The van der Waals surface area contributed by atoms with Crippen LogP contribution in [0.3, 0.4) is 0 Å². The molecule has 0 atom stereocenters. The lowest BCUT2D eigenvalue weighted by Crippen LogP contribution is -2.27. The minimum atomic E-state index is -0.0725. The largest absolute Gasteiger partial charge is 0.261 e. The van der Waals surface area contributed by atoms with Crippen molar-refractivity contribution in [2.24, 2.45) is 0 Å². The molecule has 3 aromatic rings. The van der Waals surface area contributed by atoms with Crippen molar-refractivity contribution in [1.82, 2.24) is 4.98 Å². The highest BCUT2D eigenvalue weighted by atomic mass is 14.7. The second kappa shape index (κ2) is 5.92. The van der Waals surface area contributed by atoms with Crippen LogP contribution in [0.5, 0.6) is 0 Å². The van der Waals surface area contributed by atoms with Crippen molar-refractivity contribution in [2.75, 3.05) is 0 Å². The third kappa shape index (κ3) is 2.87. The molecule has 0 aliphatic rings. The predicted molar refractivity (Wildman–Crippen MR) is 87.3 cm³/mol. The molecule has 0 amide bonds. The standard InChI is InChI=1S/C20H19N/c1-20(17-10-4-2-5-11-17,18-12-6-3-7-13-18)16-19-14-8-9-15-21-19/h2-15H,16H2,1H3. The number of nitrogens with zero attached hydrogens (tertiary/aromatic N) is 1. The van der Waals surface area contributed by atoms with Gasteiger partial charge in [0.1, 0.15) is 0 Å². The summed E-state index contributed by atoms with van der Waals surface area (Å²) >= 11 is 0. The van der Waals surface area contributed by atoms with E-state index in [0.29, 0.717) is 0 Å². The Morgan fingerprint density at radius 1 is 0.714 bits per heavy atom. The monoisotopic (exact) mass is 273 g/mol. The summed E-state index contributed by atoms with van der Waals surface area (Å²) in [6.45, 7) is 2.30. The molecule has 1 aromatic heterocycles. The molecule has 0 aliphatic carbocycles. The Balaban J connectivity index is 2.07. The van der Waals surface area contributed by atoms with E-state index in [2.05, 4.69) is 84.7 Å². The lowest BCUT2D eigenvalue weighted by molar-refractivity contribution is 0.559. The molecule has 0 saturated carbocycles. The van der Waals surface area contributed by atoms with Gasteiger partial charge in [-0.3, -0.25) is 4.98 Å². The topological polar surface area (TPSA) is 12.9 Å². The van der Waals surface area contributed by atoms with E-state index in [-0.39, 0.29) is 5.41 Å². The van der Waals surface area contributed by atoms with Crippen molar-refractivity contribution in [3.05, 3.63) is 102 Å². The zero-order chi connectivity index (χ0) is 14.5. The molecule has 1 heteroatoms. The summed E-state index contributed by atoms with van der Waals surface area (Å²) in [5, 5.41) is 0. The zero-order valence-corrected chi connectivity index (χ0v) is 12.2. The Labute approximate surface area is 126 Å². The average molecular weight is 273 g/mol. The minimum absolute atomic E-state index is 0.0725. The van der Waals surface area contributed by atoms with Gasteiger partial charge in [0.25, 0.3) is 0 Å². The van der Waals surface area contributed by atoms with Crippen molar-refractivity contribution in [2.45, 2.75) is 18.8 Å². The fourth-order valence-corrected chi connectivity index (χ4v) is 2.85. The molecule has 1 nitrogen and oxygen atoms in total. The van der Waals surface area contributed by atoms with Crippen LogP contribution in [0, 0.1) is 0 Å². The maximum absolute atomic E-state index is 4.51. The Morgan fingerprint density at radius 2 is 1.24 bits per heavy atom. The zero-order valence-electron chi connectivity index (χ0n) is 12.2. The molecule has 0 bridgehead atoms. The van der Waals surface area contributed by atoms with Crippen LogP contribution < -0.4 is 0 Å². The summed E-state index contributed by atoms with van der Waals surface area (Å²) in [5.74, 6) is 0. The van der Waals surface area contributed by atoms with E-state index in [9.17, 15) is 0 Å². The van der Waals surface area contributed by atoms with Gasteiger partial charge in [-0.1, -0.05) is 73.7 Å². The second-order valence-corrected chi connectivity index (χ2v) is 5.56. The van der Waals surface area contributed by atoms with E-state index in [1.165, 1.54) is 11.1 Å². The summed E-state index contributed by atoms with van der Waals surface area (Å²) in [5.41, 5.74) is 3.69. The number of hydrogen-bond donors (Lipinski definition) is 0. The molecule has 0 saturated heterocycles. The van der Waals surface area contributed by atoms with E-state index >= 15 is 0 Å². The second-order valence-electron chi connectivity index (χ2n) is 5.56. The Kier molecular flexibility index (Phi) is 3.83. The molecular formula is C20H19N. The van der Waals surface area contributed by atoms with Crippen LogP contribution in [-0.2, 0) is 11.8 Å². The summed E-state index contributed by atoms with van der Waals surface area (Å²) in [6.07, 6.45) is 2.76. The van der Waals surface area contributed by atoms with E-state index in [1.54, 1.807) is 0 Å². The number of hydrogen-bond acceptors (Lipinski definition) is 1. The van der Waals surface area contributed by atoms with Gasteiger partial charge in [0.15, 0.2) is 0 Å². The molecule has 1 heterocycles. The van der Waals surface area contributed by atoms with E-state index in [4.69, 9.17) is 0 Å². The first-order valence-electron chi connectivity index (χ1n) is 7.30. The molecular weight excluding hydrogens is 254 g/mol. The molecule has 0 unspecified atom stereocenters. The van der Waals surface area contributed by atoms with Gasteiger partial charge in [-0.15, -0.1) is 0 Å². The van der Waals surface area contributed by atoms with Gasteiger partial charge >= 0.3 is 0 Å². The molecule has 0 fully saturated rings. The first-order valence-corrected chi connectivity index (χ1v) is 7.30. The summed E-state index contributed by atoms with van der Waals surface area (Å²) in [6, 6.07) is 27.5.